The number of nitrogens with one attached hydrogen (secondary N) is 1. The smallest absolute Gasteiger partial charge is 0.418 e. The molecule has 3 rings (SSSR count). The van der Waals surface area contributed by atoms with E-state index in [1.807, 2.05) is 0 Å². The predicted octanol–water partition coefficient (Wildman–Crippen LogP) is 4.73. The molecule has 1 amide bonds. The third kappa shape index (κ3) is 5.45. The lowest BCUT2D eigenvalue weighted by molar-refractivity contribution is -0.139. The molecule has 1 atom stereocenters. The minimum atomic E-state index is -4.86. The summed E-state index contributed by atoms with van der Waals surface area (Å²) in [4.78, 5) is 30.9. The fourth-order valence-corrected chi connectivity index (χ4v) is 2.93. The lowest BCUT2D eigenvalue weighted by Gasteiger charge is -2.23. The topological polar surface area (TPSA) is 92.2 Å². The Hall–Kier alpha value is -3.96. The summed E-state index contributed by atoms with van der Waals surface area (Å²) in [5.41, 5.74) is -3.48. The number of hydrogen-bond acceptors (Lipinski definition) is 4. The van der Waals surface area contributed by atoms with Crippen molar-refractivity contribution >= 4 is 11.9 Å². The van der Waals surface area contributed by atoms with E-state index in [0.29, 0.717) is 12.1 Å². The molecule has 0 saturated carbocycles. The zero-order valence-corrected chi connectivity index (χ0v) is 16.3. The molecule has 0 aliphatic heterocycles. The highest BCUT2D eigenvalue weighted by atomic mass is 19.4. The van der Waals surface area contributed by atoms with Crippen LogP contribution in [0.1, 0.15) is 49.3 Å². The van der Waals surface area contributed by atoms with E-state index in [-0.39, 0.29) is 16.8 Å². The zero-order valence-electron chi connectivity index (χ0n) is 16.3. The number of aromatic nitrogens is 2. The van der Waals surface area contributed by atoms with E-state index < -0.39 is 47.1 Å². The highest BCUT2D eigenvalue weighted by molar-refractivity contribution is 5.95. The number of carboxylic acid groups (broad SMARTS) is 1. The molecular weight excluding hydrogens is 456 g/mol. The fourth-order valence-electron chi connectivity index (χ4n) is 2.93. The fraction of sp³-hybridized carbons (Fsp3) is 0.143. The summed E-state index contributed by atoms with van der Waals surface area (Å²) < 4.78 is 79.4. The van der Waals surface area contributed by atoms with Crippen LogP contribution in [0.15, 0.2) is 60.9 Å². The molecule has 33 heavy (non-hydrogen) atoms. The number of hydrogen-bond donors (Lipinski definition) is 2. The molecule has 2 N–H and O–H groups in total. The van der Waals surface area contributed by atoms with Gasteiger partial charge in [0.25, 0.3) is 5.91 Å². The number of alkyl halides is 6. The summed E-state index contributed by atoms with van der Waals surface area (Å²) in [5.74, 6) is -2.30. The highest BCUT2D eigenvalue weighted by Gasteiger charge is 2.37. The van der Waals surface area contributed by atoms with E-state index in [2.05, 4.69) is 15.3 Å². The number of rotatable bonds is 5. The van der Waals surface area contributed by atoms with Crippen LogP contribution < -0.4 is 5.32 Å². The van der Waals surface area contributed by atoms with Gasteiger partial charge in [0.05, 0.1) is 28.4 Å². The third-order valence-corrected chi connectivity index (χ3v) is 4.51. The lowest BCUT2D eigenvalue weighted by Crippen LogP contribution is -2.32. The first-order chi connectivity index (χ1) is 15.4. The first-order valence-electron chi connectivity index (χ1n) is 9.07. The van der Waals surface area contributed by atoms with Crippen LogP contribution in [0, 0.1) is 0 Å². The van der Waals surface area contributed by atoms with Crippen molar-refractivity contribution in [2.75, 3.05) is 0 Å². The van der Waals surface area contributed by atoms with Crippen LogP contribution in [-0.2, 0) is 12.4 Å². The minimum absolute atomic E-state index is 0.0873. The number of benzene rings is 1. The number of carbonyl (C=O) groups excluding carboxylic acids is 1. The normalized spacial score (nSPS) is 12.8. The Bertz CT molecular complexity index is 1160. The number of nitrogens with zero attached hydrogens (tertiary/aromatic N) is 2. The van der Waals surface area contributed by atoms with Gasteiger partial charge in [0.1, 0.15) is 5.69 Å². The van der Waals surface area contributed by atoms with Gasteiger partial charge >= 0.3 is 18.3 Å². The summed E-state index contributed by atoms with van der Waals surface area (Å²) in [6.45, 7) is 0. The van der Waals surface area contributed by atoms with Gasteiger partial charge in [-0.3, -0.25) is 9.78 Å². The summed E-state index contributed by atoms with van der Waals surface area (Å²) in [6.07, 6.45) is -7.57. The molecule has 1 aromatic carbocycles. The van der Waals surface area contributed by atoms with E-state index in [0.717, 1.165) is 48.8 Å². The summed E-state index contributed by atoms with van der Waals surface area (Å²) in [7, 11) is 0. The lowest BCUT2D eigenvalue weighted by atomic mass is 9.97. The molecule has 2 heterocycles. The summed E-state index contributed by atoms with van der Waals surface area (Å²) >= 11 is 0. The standard InChI is InChI=1S/C21H13F6N3O3/c22-20(23,24)13-6-3-11(4-7-13)16(17-14(21(25,26)27)2-1-9-28-17)30-18(31)12-5-8-15(19(32)33)29-10-12/h1-10,16H,(H,30,31)(H,32,33). The largest absolute Gasteiger partial charge is 0.477 e. The number of halogens is 6. The van der Waals surface area contributed by atoms with Crippen LogP contribution in [0.5, 0.6) is 0 Å². The van der Waals surface area contributed by atoms with Crippen LogP contribution in [0.25, 0.3) is 0 Å². The van der Waals surface area contributed by atoms with Crippen LogP contribution in [0.2, 0.25) is 0 Å². The number of pyridine rings is 2. The second-order valence-corrected chi connectivity index (χ2v) is 6.70. The van der Waals surface area contributed by atoms with Gasteiger partial charge < -0.3 is 10.4 Å². The number of aromatic carboxylic acids is 1. The van der Waals surface area contributed by atoms with E-state index in [9.17, 15) is 35.9 Å². The quantitative estimate of drug-likeness (QED) is 0.527. The van der Waals surface area contributed by atoms with Crippen LogP contribution in [0.3, 0.4) is 0 Å². The maximum Gasteiger partial charge on any atom is 0.418 e. The van der Waals surface area contributed by atoms with Crippen LogP contribution >= 0.6 is 0 Å². The zero-order chi connectivity index (χ0) is 24.4. The van der Waals surface area contributed by atoms with Gasteiger partial charge in [0, 0.05) is 12.4 Å². The van der Waals surface area contributed by atoms with Crippen molar-refractivity contribution in [2.45, 2.75) is 18.4 Å². The first kappa shape index (κ1) is 23.7. The Balaban J connectivity index is 2.05. The van der Waals surface area contributed by atoms with Crippen molar-refractivity contribution in [3.8, 4) is 0 Å². The molecule has 0 aliphatic carbocycles. The van der Waals surface area contributed by atoms with E-state index in [4.69, 9.17) is 5.11 Å². The molecule has 0 aliphatic rings. The van der Waals surface area contributed by atoms with Gasteiger partial charge in [0.15, 0.2) is 0 Å². The number of carboxylic acids is 1. The van der Waals surface area contributed by atoms with Gasteiger partial charge in [-0.05, 0) is 42.0 Å². The van der Waals surface area contributed by atoms with Crippen molar-refractivity contribution in [1.82, 2.24) is 15.3 Å². The van der Waals surface area contributed by atoms with Crippen molar-refractivity contribution in [2.24, 2.45) is 0 Å². The van der Waals surface area contributed by atoms with Crippen molar-refractivity contribution in [1.29, 1.82) is 0 Å². The Morgan fingerprint density at radius 3 is 2.06 bits per heavy atom. The molecule has 1 unspecified atom stereocenters. The Morgan fingerprint density at radius 2 is 1.55 bits per heavy atom. The molecule has 0 bridgehead atoms. The molecule has 6 nitrogen and oxygen atoms in total. The van der Waals surface area contributed by atoms with E-state index in [1.54, 1.807) is 0 Å². The average Bonchev–Trinajstić information content (AvgIpc) is 2.76. The molecule has 0 spiro atoms. The molecule has 3 aromatic rings. The first-order valence-corrected chi connectivity index (χ1v) is 9.07. The Labute approximate surface area is 181 Å². The number of carbonyl (C=O) groups is 2. The Kier molecular flexibility index (Phi) is 6.38. The maximum atomic E-state index is 13.6. The second kappa shape index (κ2) is 8.88. The second-order valence-electron chi connectivity index (χ2n) is 6.70. The molecule has 0 fully saturated rings. The van der Waals surface area contributed by atoms with Gasteiger partial charge in [0.2, 0.25) is 0 Å². The van der Waals surface area contributed by atoms with Crippen molar-refractivity contribution < 1.29 is 41.0 Å². The van der Waals surface area contributed by atoms with Crippen molar-refractivity contribution in [3.63, 3.8) is 0 Å². The Morgan fingerprint density at radius 1 is 0.879 bits per heavy atom. The van der Waals surface area contributed by atoms with Gasteiger partial charge in [-0.25, -0.2) is 9.78 Å². The summed E-state index contributed by atoms with van der Waals surface area (Å²) in [5, 5.41) is 11.2. The molecule has 172 valence electrons. The predicted molar refractivity (Wildman–Crippen MR) is 101 cm³/mol. The van der Waals surface area contributed by atoms with Gasteiger partial charge in [-0.1, -0.05) is 12.1 Å². The molecular formula is C21H13F6N3O3. The van der Waals surface area contributed by atoms with Crippen molar-refractivity contribution in [3.05, 3.63) is 94.6 Å². The molecule has 2 aromatic heterocycles. The SMILES string of the molecule is O=C(NC(c1ccc(C(F)(F)F)cc1)c1ncccc1C(F)(F)F)c1ccc(C(=O)O)nc1. The summed E-state index contributed by atoms with van der Waals surface area (Å²) in [6, 6.07) is 5.54. The third-order valence-electron chi connectivity index (χ3n) is 4.51. The highest BCUT2D eigenvalue weighted by Crippen LogP contribution is 2.36. The van der Waals surface area contributed by atoms with Crippen LogP contribution in [-0.4, -0.2) is 27.0 Å². The monoisotopic (exact) mass is 469 g/mol. The maximum absolute atomic E-state index is 13.6. The van der Waals surface area contributed by atoms with E-state index in [1.165, 1.54) is 0 Å². The average molecular weight is 469 g/mol. The van der Waals surface area contributed by atoms with Gasteiger partial charge in [-0.15, -0.1) is 0 Å². The molecule has 0 radical (unpaired) electrons. The van der Waals surface area contributed by atoms with Crippen LogP contribution in [0.4, 0.5) is 26.3 Å². The molecule has 12 heteroatoms. The minimum Gasteiger partial charge on any atom is -0.477 e. The van der Waals surface area contributed by atoms with E-state index >= 15 is 0 Å². The number of amides is 1. The van der Waals surface area contributed by atoms with Gasteiger partial charge in [-0.2, -0.15) is 26.3 Å². The molecule has 0 saturated heterocycles.